The van der Waals surface area contributed by atoms with Gasteiger partial charge in [0.2, 0.25) is 11.8 Å². The van der Waals surface area contributed by atoms with E-state index in [-0.39, 0.29) is 42.9 Å². The second kappa shape index (κ2) is 10.5. The minimum absolute atomic E-state index is 0.0141. The molecule has 4 amide bonds. The van der Waals surface area contributed by atoms with E-state index in [4.69, 9.17) is 6.42 Å². The van der Waals surface area contributed by atoms with E-state index in [0.717, 1.165) is 31.2 Å². The van der Waals surface area contributed by atoms with Gasteiger partial charge in [-0.2, -0.15) is 5.01 Å². The number of benzene rings is 1. The van der Waals surface area contributed by atoms with E-state index in [9.17, 15) is 14.4 Å². The average Bonchev–Trinajstić information content (AvgIpc) is 3.34. The lowest BCUT2D eigenvalue weighted by molar-refractivity contribution is -0.191. The Hall–Kier alpha value is -3.05. The Kier molecular flexibility index (Phi) is 7.42. The van der Waals surface area contributed by atoms with Gasteiger partial charge in [-0.1, -0.05) is 62.9 Å². The first kappa shape index (κ1) is 24.1. The molecular formula is C26H35N5O3. The molecule has 2 saturated heterocycles. The van der Waals surface area contributed by atoms with Crippen LogP contribution in [0.1, 0.15) is 51.5 Å². The normalized spacial score (nSPS) is 23.9. The number of urea groups is 1. The van der Waals surface area contributed by atoms with Crippen LogP contribution in [0.25, 0.3) is 0 Å². The second-order valence-electron chi connectivity index (χ2n) is 9.87. The number of hydrogen-bond acceptors (Lipinski definition) is 4. The molecule has 1 N–H and O–H groups in total. The molecule has 8 nitrogen and oxygen atoms in total. The molecule has 0 unspecified atom stereocenters. The number of carbonyl (C=O) groups excluding carboxylic acids is 3. The average molecular weight is 466 g/mol. The van der Waals surface area contributed by atoms with Crippen LogP contribution < -0.4 is 5.32 Å². The molecule has 1 aliphatic carbocycles. The van der Waals surface area contributed by atoms with Crippen molar-refractivity contribution in [2.45, 2.75) is 70.7 Å². The molecule has 0 spiro atoms. The van der Waals surface area contributed by atoms with Gasteiger partial charge in [-0.15, -0.1) is 6.42 Å². The third kappa shape index (κ3) is 4.90. The van der Waals surface area contributed by atoms with Crippen LogP contribution in [0.4, 0.5) is 4.79 Å². The van der Waals surface area contributed by atoms with Gasteiger partial charge in [0.1, 0.15) is 12.2 Å². The smallest absolute Gasteiger partial charge is 0.334 e. The molecule has 8 heteroatoms. The summed E-state index contributed by atoms with van der Waals surface area (Å²) >= 11 is 0. The van der Waals surface area contributed by atoms with Crippen LogP contribution >= 0.6 is 0 Å². The van der Waals surface area contributed by atoms with Crippen LogP contribution in [0.2, 0.25) is 0 Å². The molecule has 1 saturated carbocycles. The Labute approximate surface area is 202 Å². The fraction of sp³-hybridized carbons (Fsp3) is 0.577. The largest absolute Gasteiger partial charge is 0.334 e. The van der Waals surface area contributed by atoms with Gasteiger partial charge in [0, 0.05) is 12.6 Å². The summed E-state index contributed by atoms with van der Waals surface area (Å²) < 4.78 is 0. The molecule has 0 aromatic heterocycles. The summed E-state index contributed by atoms with van der Waals surface area (Å²) in [5, 5.41) is 6.22. The van der Waals surface area contributed by atoms with Crippen LogP contribution in [-0.2, 0) is 16.1 Å². The van der Waals surface area contributed by atoms with Crippen molar-refractivity contribution in [3.05, 3.63) is 35.9 Å². The highest BCUT2D eigenvalue weighted by molar-refractivity contribution is 5.91. The van der Waals surface area contributed by atoms with Crippen molar-refractivity contribution in [3.8, 4) is 12.3 Å². The molecule has 4 rings (SSSR count). The zero-order valence-electron chi connectivity index (χ0n) is 20.2. The molecule has 1 aromatic rings. The Morgan fingerprint density at radius 2 is 1.88 bits per heavy atom. The fourth-order valence-corrected chi connectivity index (χ4v) is 5.47. The van der Waals surface area contributed by atoms with E-state index < -0.39 is 12.2 Å². The zero-order valence-corrected chi connectivity index (χ0v) is 20.2. The number of terminal acetylenes is 1. The molecule has 1 aromatic carbocycles. The van der Waals surface area contributed by atoms with E-state index >= 15 is 0 Å². The molecule has 3 fully saturated rings. The quantitative estimate of drug-likeness (QED) is 0.655. The summed E-state index contributed by atoms with van der Waals surface area (Å²) in [5.41, 5.74) is 0.980. The zero-order chi connectivity index (χ0) is 24.2. The maximum Gasteiger partial charge on any atom is 0.334 e. The molecule has 34 heavy (non-hydrogen) atoms. The number of piperazine rings is 1. The number of carbonyl (C=O) groups is 3. The maximum absolute atomic E-state index is 13.6. The van der Waals surface area contributed by atoms with Gasteiger partial charge in [-0.3, -0.25) is 9.59 Å². The minimum atomic E-state index is -0.576. The van der Waals surface area contributed by atoms with Gasteiger partial charge in [0.15, 0.2) is 0 Å². The number of rotatable bonds is 6. The Morgan fingerprint density at radius 1 is 1.18 bits per heavy atom. The van der Waals surface area contributed by atoms with Crippen molar-refractivity contribution in [1.29, 1.82) is 0 Å². The highest BCUT2D eigenvalue weighted by Crippen LogP contribution is 2.33. The van der Waals surface area contributed by atoms with Crippen molar-refractivity contribution in [2.75, 3.05) is 19.6 Å². The van der Waals surface area contributed by atoms with Crippen molar-refractivity contribution < 1.29 is 14.4 Å². The van der Waals surface area contributed by atoms with Crippen molar-refractivity contribution in [2.24, 2.45) is 5.92 Å². The number of hydrazine groups is 1. The first-order chi connectivity index (χ1) is 16.4. The lowest BCUT2D eigenvalue weighted by Gasteiger charge is -2.56. The van der Waals surface area contributed by atoms with Gasteiger partial charge >= 0.3 is 6.03 Å². The highest BCUT2D eigenvalue weighted by atomic mass is 16.2. The number of amides is 4. The van der Waals surface area contributed by atoms with Crippen molar-refractivity contribution >= 4 is 17.8 Å². The summed E-state index contributed by atoms with van der Waals surface area (Å²) in [6.45, 7) is 4.90. The van der Waals surface area contributed by atoms with Gasteiger partial charge < -0.3 is 15.1 Å². The van der Waals surface area contributed by atoms with Crippen molar-refractivity contribution in [3.63, 3.8) is 0 Å². The summed E-state index contributed by atoms with van der Waals surface area (Å²) in [6, 6.07) is 8.97. The predicted octanol–water partition coefficient (Wildman–Crippen LogP) is 2.42. The van der Waals surface area contributed by atoms with Crippen molar-refractivity contribution in [1.82, 2.24) is 25.1 Å². The fourth-order valence-electron chi connectivity index (χ4n) is 5.47. The van der Waals surface area contributed by atoms with Gasteiger partial charge in [0.25, 0.3) is 0 Å². The van der Waals surface area contributed by atoms with Crippen LogP contribution in [0.5, 0.6) is 0 Å². The Balaban J connectivity index is 1.65. The number of nitrogens with zero attached hydrogens (tertiary/aromatic N) is 4. The molecule has 3 aliphatic rings. The van der Waals surface area contributed by atoms with Crippen LogP contribution in [0.3, 0.4) is 0 Å². The van der Waals surface area contributed by atoms with E-state index in [2.05, 4.69) is 25.1 Å². The molecule has 182 valence electrons. The summed E-state index contributed by atoms with van der Waals surface area (Å²) in [6.07, 6.45) is 9.73. The van der Waals surface area contributed by atoms with E-state index in [1.807, 2.05) is 35.2 Å². The Bertz CT molecular complexity index is 938. The molecule has 0 radical (unpaired) electrons. The maximum atomic E-state index is 13.6. The van der Waals surface area contributed by atoms with Gasteiger partial charge in [0.05, 0.1) is 19.6 Å². The van der Waals surface area contributed by atoms with E-state index in [0.29, 0.717) is 19.5 Å². The lowest BCUT2D eigenvalue weighted by atomic mass is 9.96. The lowest BCUT2D eigenvalue weighted by Crippen LogP contribution is -2.77. The first-order valence-corrected chi connectivity index (χ1v) is 12.3. The molecule has 0 bridgehead atoms. The van der Waals surface area contributed by atoms with Crippen LogP contribution in [-0.4, -0.2) is 75.5 Å². The second-order valence-corrected chi connectivity index (χ2v) is 9.87. The van der Waals surface area contributed by atoms with Crippen LogP contribution in [0.15, 0.2) is 30.3 Å². The summed E-state index contributed by atoms with van der Waals surface area (Å²) in [7, 11) is 0. The predicted molar refractivity (Wildman–Crippen MR) is 129 cm³/mol. The highest BCUT2D eigenvalue weighted by Gasteiger charge is 2.52. The first-order valence-electron chi connectivity index (χ1n) is 12.3. The molecule has 2 atom stereocenters. The number of fused-ring (bicyclic) bond motifs is 1. The molecule has 2 heterocycles. The van der Waals surface area contributed by atoms with Gasteiger partial charge in [-0.05, 0) is 30.7 Å². The van der Waals surface area contributed by atoms with E-state index in [1.54, 1.807) is 14.9 Å². The van der Waals surface area contributed by atoms with Gasteiger partial charge in [-0.25, -0.2) is 9.80 Å². The summed E-state index contributed by atoms with van der Waals surface area (Å²) in [4.78, 5) is 44.0. The SMILES string of the molecule is C#CCN1CC(=O)N2[C@@H](CC(C)C)C(=O)N(C3CCCC3)C[C@@H]2N1C(=O)NCc1ccccc1. The monoisotopic (exact) mass is 465 g/mol. The third-order valence-corrected chi connectivity index (χ3v) is 7.01. The van der Waals surface area contributed by atoms with E-state index in [1.165, 1.54) is 0 Å². The number of nitrogens with one attached hydrogen (secondary N) is 1. The topological polar surface area (TPSA) is 76.2 Å². The summed E-state index contributed by atoms with van der Waals surface area (Å²) in [5.74, 6) is 2.67. The minimum Gasteiger partial charge on any atom is -0.334 e. The third-order valence-electron chi connectivity index (χ3n) is 7.01. The molecular weight excluding hydrogens is 430 g/mol. The van der Waals surface area contributed by atoms with Crippen LogP contribution in [0, 0.1) is 18.3 Å². The number of hydrogen-bond donors (Lipinski definition) is 1. The standard InChI is InChI=1S/C26H35N5O3/c1-4-14-28-18-24(32)30-22(15-19(2)3)25(33)29(21-12-8-9-13-21)17-23(30)31(28)26(34)27-16-20-10-6-5-7-11-20/h1,5-7,10-11,19,21-23H,8-9,12-18H2,2-3H3,(H,27,34)/t22-,23-/m0/s1. The molecule has 2 aliphatic heterocycles. The Morgan fingerprint density at radius 3 is 2.53 bits per heavy atom.